The lowest BCUT2D eigenvalue weighted by Crippen LogP contribution is -2.39. The maximum absolute atomic E-state index is 11.1. The van der Waals surface area contributed by atoms with Crippen LogP contribution in [0.4, 0.5) is 6.01 Å². The number of hydrogen-bond donors (Lipinski definition) is 0. The van der Waals surface area contributed by atoms with Gasteiger partial charge in [-0.15, -0.1) is 0 Å². The number of carbonyl (C=O) groups excluding carboxylic acids is 1. The zero-order chi connectivity index (χ0) is 19.9. The Bertz CT molecular complexity index is 874. The first kappa shape index (κ1) is 19.7. The molecule has 1 unspecified atom stereocenters. The van der Waals surface area contributed by atoms with Crippen molar-refractivity contribution < 1.29 is 23.8 Å². The van der Waals surface area contributed by atoms with E-state index in [1.54, 1.807) is 6.92 Å². The Balaban J connectivity index is 1.49. The fourth-order valence-electron chi connectivity index (χ4n) is 2.77. The van der Waals surface area contributed by atoms with E-state index in [9.17, 15) is 9.90 Å². The molecule has 1 heterocycles. The van der Waals surface area contributed by atoms with Crippen LogP contribution in [0.25, 0.3) is 11.1 Å². The molecule has 0 amide bonds. The first-order valence-corrected chi connectivity index (χ1v) is 9.17. The molecule has 0 N–H and O–H groups in total. The van der Waals surface area contributed by atoms with Gasteiger partial charge in [0.15, 0.2) is 5.58 Å². The number of aliphatic carboxylic acids is 1. The van der Waals surface area contributed by atoms with E-state index in [2.05, 4.69) is 4.98 Å². The zero-order valence-electron chi connectivity index (χ0n) is 16.0. The fraction of sp³-hybridized carbons (Fsp3) is 0.333. The number of anilines is 1. The van der Waals surface area contributed by atoms with Gasteiger partial charge in [-0.25, -0.2) is 0 Å². The lowest BCUT2D eigenvalue weighted by Gasteiger charge is -2.18. The van der Waals surface area contributed by atoms with E-state index in [0.717, 1.165) is 16.7 Å². The summed E-state index contributed by atoms with van der Waals surface area (Å²) in [7, 11) is 1.89. The van der Waals surface area contributed by atoms with Crippen molar-refractivity contribution in [2.45, 2.75) is 19.4 Å². The molecule has 0 radical (unpaired) electrons. The van der Waals surface area contributed by atoms with E-state index in [-0.39, 0.29) is 6.42 Å². The molecular formula is C21H23N2O5-. The van der Waals surface area contributed by atoms with Crippen LogP contribution < -0.4 is 14.7 Å². The van der Waals surface area contributed by atoms with Gasteiger partial charge in [-0.05, 0) is 36.8 Å². The predicted octanol–water partition coefficient (Wildman–Crippen LogP) is 2.04. The Morgan fingerprint density at radius 1 is 1.21 bits per heavy atom. The van der Waals surface area contributed by atoms with Crippen LogP contribution >= 0.6 is 0 Å². The van der Waals surface area contributed by atoms with Crippen molar-refractivity contribution in [2.75, 3.05) is 31.7 Å². The van der Waals surface area contributed by atoms with Gasteiger partial charge in [0.05, 0.1) is 12.5 Å². The molecule has 0 fully saturated rings. The third-order valence-electron chi connectivity index (χ3n) is 4.28. The van der Waals surface area contributed by atoms with Crippen LogP contribution in [0.1, 0.15) is 12.5 Å². The average Bonchev–Trinajstić information content (AvgIpc) is 3.13. The third-order valence-corrected chi connectivity index (χ3v) is 4.28. The summed E-state index contributed by atoms with van der Waals surface area (Å²) >= 11 is 0. The first-order valence-electron chi connectivity index (χ1n) is 9.17. The number of oxazole rings is 1. The molecule has 28 heavy (non-hydrogen) atoms. The topological polar surface area (TPSA) is 87.9 Å². The predicted molar refractivity (Wildman–Crippen MR) is 103 cm³/mol. The summed E-state index contributed by atoms with van der Waals surface area (Å²) in [6.07, 6.45) is -0.682. The SMILES string of the molecule is CCOC(Cc1ccc(OCCN(C)c2nc3ccccc3o2)cc1)C(=O)[O-]. The zero-order valence-corrected chi connectivity index (χ0v) is 16.0. The maximum Gasteiger partial charge on any atom is 0.298 e. The third kappa shape index (κ3) is 5.01. The van der Waals surface area contributed by atoms with E-state index in [1.807, 2.05) is 60.5 Å². The van der Waals surface area contributed by atoms with Crippen LogP contribution in [-0.4, -0.2) is 43.9 Å². The molecule has 1 atom stereocenters. The quantitative estimate of drug-likeness (QED) is 0.529. The van der Waals surface area contributed by atoms with E-state index >= 15 is 0 Å². The summed E-state index contributed by atoms with van der Waals surface area (Å²) in [5, 5.41) is 11.1. The number of benzene rings is 2. The number of ether oxygens (including phenoxy) is 2. The Morgan fingerprint density at radius 2 is 1.96 bits per heavy atom. The van der Waals surface area contributed by atoms with Crippen LogP contribution in [0.15, 0.2) is 52.9 Å². The van der Waals surface area contributed by atoms with Crippen molar-refractivity contribution >= 4 is 23.1 Å². The van der Waals surface area contributed by atoms with E-state index in [1.165, 1.54) is 0 Å². The van der Waals surface area contributed by atoms with Gasteiger partial charge < -0.3 is 28.7 Å². The molecule has 1 aromatic heterocycles. The van der Waals surface area contributed by atoms with Gasteiger partial charge in [0.2, 0.25) is 0 Å². The fourth-order valence-corrected chi connectivity index (χ4v) is 2.77. The molecule has 0 spiro atoms. The van der Waals surface area contributed by atoms with Crippen LogP contribution in [0, 0.1) is 0 Å². The van der Waals surface area contributed by atoms with Crippen LogP contribution in [0.3, 0.4) is 0 Å². The minimum Gasteiger partial charge on any atom is -0.547 e. The second kappa shape index (κ2) is 9.23. The van der Waals surface area contributed by atoms with E-state index in [0.29, 0.717) is 31.5 Å². The first-order chi connectivity index (χ1) is 13.6. The summed E-state index contributed by atoms with van der Waals surface area (Å²) in [5.74, 6) is -0.500. The highest BCUT2D eigenvalue weighted by atomic mass is 16.5. The molecule has 148 valence electrons. The number of aromatic nitrogens is 1. The smallest absolute Gasteiger partial charge is 0.298 e. The standard InChI is InChI=1S/C21H24N2O5/c1-3-26-19(20(24)25)14-15-8-10-16(11-9-15)27-13-12-23(2)21-22-17-6-4-5-7-18(17)28-21/h4-11,19H,3,12-14H2,1-2H3,(H,24,25)/p-1. The number of carboxylic acid groups (broad SMARTS) is 1. The summed E-state index contributed by atoms with van der Waals surface area (Å²) in [6.45, 7) is 3.14. The van der Waals surface area contributed by atoms with Crippen molar-refractivity contribution in [3.05, 3.63) is 54.1 Å². The molecule has 0 saturated carbocycles. The van der Waals surface area contributed by atoms with Crippen LogP contribution in [0.2, 0.25) is 0 Å². The summed E-state index contributed by atoms with van der Waals surface area (Å²) in [4.78, 5) is 17.4. The van der Waals surface area contributed by atoms with Crippen LogP contribution in [-0.2, 0) is 16.0 Å². The molecule has 7 heteroatoms. The number of carboxylic acids is 1. The van der Waals surface area contributed by atoms with E-state index < -0.39 is 12.1 Å². The molecular weight excluding hydrogens is 360 g/mol. The van der Waals surface area contributed by atoms with Crippen molar-refractivity contribution in [3.8, 4) is 5.75 Å². The highest BCUT2D eigenvalue weighted by Crippen LogP contribution is 2.20. The average molecular weight is 383 g/mol. The number of hydrogen-bond acceptors (Lipinski definition) is 7. The Hall–Kier alpha value is -3.06. The summed E-state index contributed by atoms with van der Waals surface area (Å²) in [6, 6.07) is 15.4. The highest BCUT2D eigenvalue weighted by Gasteiger charge is 2.12. The summed E-state index contributed by atoms with van der Waals surface area (Å²) < 4.78 is 16.7. The van der Waals surface area contributed by atoms with Gasteiger partial charge in [-0.2, -0.15) is 4.98 Å². The Kier molecular flexibility index (Phi) is 6.49. The lowest BCUT2D eigenvalue weighted by molar-refractivity contribution is -0.316. The van der Waals surface area contributed by atoms with E-state index in [4.69, 9.17) is 13.9 Å². The second-order valence-corrected chi connectivity index (χ2v) is 6.35. The molecule has 0 aliphatic carbocycles. The number of nitrogens with zero attached hydrogens (tertiary/aromatic N) is 2. The molecule has 0 saturated heterocycles. The lowest BCUT2D eigenvalue weighted by atomic mass is 10.1. The van der Waals surface area contributed by atoms with Crippen molar-refractivity contribution in [2.24, 2.45) is 0 Å². The molecule has 0 aliphatic heterocycles. The molecule has 7 nitrogen and oxygen atoms in total. The minimum atomic E-state index is -1.20. The number of likely N-dealkylation sites (N-methyl/N-ethyl adjacent to an activating group) is 1. The maximum atomic E-state index is 11.1. The summed E-state index contributed by atoms with van der Waals surface area (Å²) in [5.41, 5.74) is 2.42. The van der Waals surface area contributed by atoms with Gasteiger partial charge in [0, 0.05) is 20.1 Å². The highest BCUT2D eigenvalue weighted by molar-refractivity contribution is 5.74. The largest absolute Gasteiger partial charge is 0.547 e. The Morgan fingerprint density at radius 3 is 2.64 bits per heavy atom. The molecule has 3 aromatic rings. The molecule has 0 aliphatic rings. The Labute approximate surface area is 163 Å². The van der Waals surface area contributed by atoms with Gasteiger partial charge in [0.1, 0.15) is 24.0 Å². The van der Waals surface area contributed by atoms with Gasteiger partial charge in [0.25, 0.3) is 6.01 Å². The number of para-hydroxylation sites is 2. The molecule has 3 rings (SSSR count). The second-order valence-electron chi connectivity index (χ2n) is 6.35. The van der Waals surface area contributed by atoms with Gasteiger partial charge >= 0.3 is 0 Å². The number of fused-ring (bicyclic) bond motifs is 1. The van der Waals surface area contributed by atoms with Gasteiger partial charge in [-0.3, -0.25) is 0 Å². The normalized spacial score (nSPS) is 12.1. The van der Waals surface area contributed by atoms with Gasteiger partial charge in [-0.1, -0.05) is 24.3 Å². The molecule has 2 aromatic carbocycles. The monoisotopic (exact) mass is 383 g/mol. The van der Waals surface area contributed by atoms with Crippen molar-refractivity contribution in [1.82, 2.24) is 4.98 Å². The number of rotatable bonds is 10. The number of carbonyl (C=O) groups is 1. The van der Waals surface area contributed by atoms with Crippen LogP contribution in [0.5, 0.6) is 5.75 Å². The molecule has 0 bridgehead atoms. The van der Waals surface area contributed by atoms with Crippen molar-refractivity contribution in [3.63, 3.8) is 0 Å². The minimum absolute atomic E-state index is 0.261. The van der Waals surface area contributed by atoms with Crippen molar-refractivity contribution in [1.29, 1.82) is 0 Å².